The Labute approximate surface area is 108 Å². The highest BCUT2D eigenvalue weighted by atomic mass is 32.1. The van der Waals surface area contributed by atoms with Crippen LogP contribution in [0, 0.1) is 12.3 Å². The van der Waals surface area contributed by atoms with Crippen molar-refractivity contribution in [1.29, 1.82) is 0 Å². The summed E-state index contributed by atoms with van der Waals surface area (Å²) in [7, 11) is 0. The summed E-state index contributed by atoms with van der Waals surface area (Å²) in [6, 6.07) is 4.38. The van der Waals surface area contributed by atoms with Gasteiger partial charge in [-0.3, -0.25) is 0 Å². The summed E-state index contributed by atoms with van der Waals surface area (Å²) in [5.41, 5.74) is 0.333. The van der Waals surface area contributed by atoms with E-state index in [1.165, 1.54) is 9.75 Å². The Hall–Kier alpha value is -0.380. The van der Waals surface area contributed by atoms with Gasteiger partial charge in [-0.2, -0.15) is 0 Å². The number of nitrogens with one attached hydrogen (secondary N) is 1. The van der Waals surface area contributed by atoms with E-state index in [-0.39, 0.29) is 6.10 Å². The highest BCUT2D eigenvalue weighted by Gasteiger charge is 2.27. The number of aryl methyl sites for hydroxylation is 1. The second kappa shape index (κ2) is 5.09. The van der Waals surface area contributed by atoms with E-state index in [4.69, 9.17) is 4.74 Å². The van der Waals surface area contributed by atoms with E-state index >= 15 is 0 Å². The average molecular weight is 253 g/mol. The molecule has 0 radical (unpaired) electrons. The summed E-state index contributed by atoms with van der Waals surface area (Å²) in [4.78, 5) is 2.72. The van der Waals surface area contributed by atoms with Crippen molar-refractivity contribution in [3.63, 3.8) is 0 Å². The van der Waals surface area contributed by atoms with Gasteiger partial charge in [-0.1, -0.05) is 20.8 Å². The van der Waals surface area contributed by atoms with Crippen molar-refractivity contribution < 1.29 is 4.74 Å². The standard InChI is InChI=1S/C14H23NOS/c1-10-5-6-13(17-10)12-9-15-8-11(16-12)7-14(2,3)4/h5-6,11-12,15H,7-9H2,1-4H3. The maximum atomic E-state index is 6.21. The van der Waals surface area contributed by atoms with Gasteiger partial charge in [0.2, 0.25) is 0 Å². The van der Waals surface area contributed by atoms with Crippen LogP contribution in [0.15, 0.2) is 12.1 Å². The summed E-state index contributed by atoms with van der Waals surface area (Å²) in [6.45, 7) is 10.9. The van der Waals surface area contributed by atoms with Gasteiger partial charge >= 0.3 is 0 Å². The Morgan fingerprint density at radius 2 is 2.12 bits per heavy atom. The molecule has 0 saturated carbocycles. The average Bonchev–Trinajstić information content (AvgIpc) is 2.63. The molecule has 96 valence electrons. The van der Waals surface area contributed by atoms with Crippen molar-refractivity contribution in [2.24, 2.45) is 5.41 Å². The molecular formula is C14H23NOS. The SMILES string of the molecule is Cc1ccc(C2CNCC(CC(C)(C)C)O2)s1. The predicted molar refractivity (Wildman–Crippen MR) is 73.6 cm³/mol. The largest absolute Gasteiger partial charge is 0.367 e. The van der Waals surface area contributed by atoms with Crippen LogP contribution in [-0.2, 0) is 4.74 Å². The lowest BCUT2D eigenvalue weighted by molar-refractivity contribution is -0.0536. The Morgan fingerprint density at radius 3 is 2.71 bits per heavy atom. The molecule has 0 bridgehead atoms. The van der Waals surface area contributed by atoms with Gasteiger partial charge in [-0.25, -0.2) is 0 Å². The molecule has 2 rings (SSSR count). The zero-order valence-electron chi connectivity index (χ0n) is 11.2. The molecule has 0 spiro atoms. The molecule has 1 fully saturated rings. The van der Waals surface area contributed by atoms with Crippen LogP contribution in [0.5, 0.6) is 0 Å². The van der Waals surface area contributed by atoms with Crippen molar-refractivity contribution in [1.82, 2.24) is 5.32 Å². The molecule has 1 saturated heterocycles. The molecule has 0 aromatic carbocycles. The highest BCUT2D eigenvalue weighted by molar-refractivity contribution is 7.12. The molecule has 2 unspecified atom stereocenters. The molecule has 1 N–H and O–H groups in total. The van der Waals surface area contributed by atoms with Gasteiger partial charge in [-0.15, -0.1) is 11.3 Å². The highest BCUT2D eigenvalue weighted by Crippen LogP contribution is 2.31. The second-order valence-electron chi connectivity index (χ2n) is 6.12. The summed E-state index contributed by atoms with van der Waals surface area (Å²) < 4.78 is 6.21. The number of hydrogen-bond donors (Lipinski definition) is 1. The van der Waals surface area contributed by atoms with Gasteiger partial charge in [0.05, 0.1) is 6.10 Å². The molecular weight excluding hydrogens is 230 g/mol. The van der Waals surface area contributed by atoms with Crippen LogP contribution in [-0.4, -0.2) is 19.2 Å². The van der Waals surface area contributed by atoms with E-state index in [1.54, 1.807) is 0 Å². The van der Waals surface area contributed by atoms with E-state index in [9.17, 15) is 0 Å². The topological polar surface area (TPSA) is 21.3 Å². The minimum Gasteiger partial charge on any atom is -0.367 e. The fraction of sp³-hybridized carbons (Fsp3) is 0.714. The van der Waals surface area contributed by atoms with Crippen molar-refractivity contribution in [2.75, 3.05) is 13.1 Å². The minimum atomic E-state index is 0.245. The van der Waals surface area contributed by atoms with Crippen molar-refractivity contribution >= 4 is 11.3 Å². The smallest absolute Gasteiger partial charge is 0.104 e. The Kier molecular flexibility index (Phi) is 3.91. The fourth-order valence-electron chi connectivity index (χ4n) is 2.30. The van der Waals surface area contributed by atoms with Crippen LogP contribution in [0.1, 0.15) is 43.1 Å². The van der Waals surface area contributed by atoms with Gasteiger partial charge in [0, 0.05) is 22.8 Å². The number of hydrogen-bond acceptors (Lipinski definition) is 3. The maximum Gasteiger partial charge on any atom is 0.104 e. The van der Waals surface area contributed by atoms with Crippen LogP contribution in [0.25, 0.3) is 0 Å². The van der Waals surface area contributed by atoms with E-state index in [2.05, 4.69) is 45.1 Å². The first-order valence-corrected chi connectivity index (χ1v) is 7.18. The monoisotopic (exact) mass is 253 g/mol. The van der Waals surface area contributed by atoms with E-state index < -0.39 is 0 Å². The second-order valence-corrected chi connectivity index (χ2v) is 7.44. The lowest BCUT2D eigenvalue weighted by Crippen LogP contribution is -2.41. The third-order valence-corrected chi connectivity index (χ3v) is 4.07. The molecule has 1 aromatic rings. The third-order valence-electron chi connectivity index (χ3n) is 2.98. The van der Waals surface area contributed by atoms with Crippen LogP contribution in [0.2, 0.25) is 0 Å². The predicted octanol–water partition coefficient (Wildman–Crippen LogP) is 3.52. The van der Waals surface area contributed by atoms with Gasteiger partial charge < -0.3 is 10.1 Å². The summed E-state index contributed by atoms with van der Waals surface area (Å²) >= 11 is 1.85. The zero-order chi connectivity index (χ0) is 12.5. The summed E-state index contributed by atoms with van der Waals surface area (Å²) in [5.74, 6) is 0. The third kappa shape index (κ3) is 3.80. The van der Waals surface area contributed by atoms with E-state index in [1.807, 2.05) is 11.3 Å². The fourth-order valence-corrected chi connectivity index (χ4v) is 3.22. The van der Waals surface area contributed by atoms with Crippen LogP contribution >= 0.6 is 11.3 Å². The van der Waals surface area contributed by atoms with Crippen LogP contribution < -0.4 is 5.32 Å². The molecule has 1 aliphatic rings. The van der Waals surface area contributed by atoms with Crippen LogP contribution in [0.3, 0.4) is 0 Å². The first-order valence-electron chi connectivity index (χ1n) is 6.36. The summed E-state index contributed by atoms with van der Waals surface area (Å²) in [6.07, 6.45) is 1.70. The lowest BCUT2D eigenvalue weighted by Gasteiger charge is -2.34. The van der Waals surface area contributed by atoms with Gasteiger partial charge in [-0.05, 0) is 30.9 Å². The van der Waals surface area contributed by atoms with Crippen molar-refractivity contribution in [3.8, 4) is 0 Å². The lowest BCUT2D eigenvalue weighted by atomic mass is 9.88. The molecule has 1 aliphatic heterocycles. The molecule has 0 aliphatic carbocycles. The number of morpholine rings is 1. The molecule has 17 heavy (non-hydrogen) atoms. The minimum absolute atomic E-state index is 0.245. The number of rotatable bonds is 2. The first-order chi connectivity index (χ1) is 7.94. The zero-order valence-corrected chi connectivity index (χ0v) is 12.1. The first kappa shape index (κ1) is 13.1. The van der Waals surface area contributed by atoms with Crippen LogP contribution in [0.4, 0.5) is 0 Å². The summed E-state index contributed by atoms with van der Waals surface area (Å²) in [5, 5.41) is 3.50. The molecule has 2 nitrogen and oxygen atoms in total. The van der Waals surface area contributed by atoms with Gasteiger partial charge in [0.1, 0.15) is 6.10 Å². The number of ether oxygens (including phenoxy) is 1. The molecule has 0 amide bonds. The number of thiophene rings is 1. The van der Waals surface area contributed by atoms with E-state index in [0.717, 1.165) is 19.5 Å². The molecule has 3 heteroatoms. The van der Waals surface area contributed by atoms with Crippen molar-refractivity contribution in [3.05, 3.63) is 21.9 Å². The van der Waals surface area contributed by atoms with Gasteiger partial charge in [0.15, 0.2) is 0 Å². The Balaban J connectivity index is 1.97. The van der Waals surface area contributed by atoms with Crippen molar-refractivity contribution in [2.45, 2.75) is 46.3 Å². The molecule has 2 atom stereocenters. The normalized spacial score (nSPS) is 26.1. The maximum absolute atomic E-state index is 6.21. The quantitative estimate of drug-likeness (QED) is 0.870. The Bertz CT molecular complexity index is 367. The van der Waals surface area contributed by atoms with Gasteiger partial charge in [0.25, 0.3) is 0 Å². The molecule has 1 aromatic heterocycles. The van der Waals surface area contributed by atoms with E-state index in [0.29, 0.717) is 11.5 Å². The Morgan fingerprint density at radius 1 is 1.35 bits per heavy atom. The molecule has 2 heterocycles.